The molecule has 2 aromatic carbocycles. The molecule has 1 fully saturated rings. The molecular weight excluding hydrogens is 529 g/mol. The van der Waals surface area contributed by atoms with Gasteiger partial charge in [0.1, 0.15) is 0 Å². The second-order valence-corrected chi connectivity index (χ2v) is 15.6. The molecule has 6 nitrogen and oxygen atoms in total. The molecule has 1 aliphatic heterocycles. The molecule has 0 aliphatic carbocycles. The second kappa shape index (κ2) is 10.1. The van der Waals surface area contributed by atoms with Crippen molar-refractivity contribution < 1.29 is 36.1 Å². The van der Waals surface area contributed by atoms with Gasteiger partial charge in [0, 0.05) is 0 Å². The number of fused-ring (bicyclic) bond motifs is 2. The van der Waals surface area contributed by atoms with Crippen LogP contribution in [-0.4, -0.2) is 41.1 Å². The number of aromatic nitrogens is 2. The first-order valence-electron chi connectivity index (χ1n) is 12.3. The van der Waals surface area contributed by atoms with Crippen LogP contribution in [0.3, 0.4) is 0 Å². The summed E-state index contributed by atoms with van der Waals surface area (Å²) < 4.78 is 19.7. The topological polar surface area (TPSA) is 62.6 Å². The van der Waals surface area contributed by atoms with Crippen LogP contribution in [0.5, 0.6) is 5.75 Å². The van der Waals surface area contributed by atoms with Gasteiger partial charge in [-0.1, -0.05) is 12.1 Å². The van der Waals surface area contributed by atoms with Gasteiger partial charge in [0.15, 0.2) is 0 Å². The summed E-state index contributed by atoms with van der Waals surface area (Å²) >= 11 is 6.01. The van der Waals surface area contributed by atoms with Gasteiger partial charge in [0.2, 0.25) is 0 Å². The molecule has 1 aliphatic rings. The molecule has 8 heteroatoms. The van der Waals surface area contributed by atoms with E-state index < -0.39 is 28.8 Å². The Bertz CT molecular complexity index is 1430. The molecule has 2 atom stereocenters. The number of carbonyl (C=O) groups is 1. The Balaban J connectivity index is 1.54. The Labute approximate surface area is 223 Å². The van der Waals surface area contributed by atoms with Crippen LogP contribution in [0, 0.1) is 0 Å². The summed E-state index contributed by atoms with van der Waals surface area (Å²) in [6, 6.07) is 17.5. The molecule has 0 bridgehead atoms. The van der Waals surface area contributed by atoms with Gasteiger partial charge in [-0.05, 0) is 6.07 Å². The van der Waals surface area contributed by atoms with Crippen molar-refractivity contribution in [2.24, 2.45) is 0 Å². The summed E-state index contributed by atoms with van der Waals surface area (Å²) in [5.74, 6) is 0.793. The fourth-order valence-electron chi connectivity index (χ4n) is 4.87. The molecule has 1 saturated heterocycles. The fraction of sp³-hybridized carbons (Fsp3) is 0.357. The van der Waals surface area contributed by atoms with Crippen LogP contribution in [0.4, 0.5) is 4.79 Å². The Kier molecular flexibility index (Phi) is 7.08. The number of hydrogen-bond donors (Lipinski definition) is 0. The molecule has 5 rings (SSSR count). The zero-order valence-corrected chi connectivity index (χ0v) is 24.8. The SMILES string of the molecule is CO[C@H]1[CH2][Zn][C@H](COc2ccc3c(c2)cc(-c2cc4ccccc4nc2Cl)n3C(=O)OC(C)(C)C)C1. The summed E-state index contributed by atoms with van der Waals surface area (Å²) in [6.45, 7) is 6.29. The van der Waals surface area contributed by atoms with Crippen LogP contribution < -0.4 is 4.74 Å². The average molecular weight is 558 g/mol. The monoisotopic (exact) mass is 556 g/mol. The van der Waals surface area contributed by atoms with E-state index >= 15 is 0 Å². The second-order valence-electron chi connectivity index (χ2n) is 10.4. The number of para-hydroxylation sites is 1. The molecule has 0 unspecified atom stereocenters. The molecule has 0 radical (unpaired) electrons. The van der Waals surface area contributed by atoms with Crippen LogP contribution >= 0.6 is 11.6 Å². The van der Waals surface area contributed by atoms with E-state index in [2.05, 4.69) is 4.98 Å². The molecule has 0 saturated carbocycles. The van der Waals surface area contributed by atoms with Crippen molar-refractivity contribution >= 4 is 39.5 Å². The first-order valence-corrected chi connectivity index (χ1v) is 16.5. The van der Waals surface area contributed by atoms with Gasteiger partial charge in [-0.25, -0.2) is 0 Å². The van der Waals surface area contributed by atoms with Crippen molar-refractivity contribution in [1.82, 2.24) is 9.55 Å². The number of methoxy groups -OCH3 is 1. The minimum absolute atomic E-state index is 0.332. The number of halogens is 1. The van der Waals surface area contributed by atoms with Gasteiger partial charge in [-0.3, -0.25) is 0 Å². The first kappa shape index (κ1) is 25.2. The Morgan fingerprint density at radius 3 is 2.69 bits per heavy atom. The third-order valence-electron chi connectivity index (χ3n) is 6.61. The van der Waals surface area contributed by atoms with Crippen LogP contribution in [0.2, 0.25) is 14.7 Å². The number of rotatable bonds is 5. The van der Waals surface area contributed by atoms with E-state index in [4.69, 9.17) is 25.8 Å². The molecule has 0 N–H and O–H groups in total. The van der Waals surface area contributed by atoms with Crippen molar-refractivity contribution in [2.45, 2.75) is 48.4 Å². The van der Waals surface area contributed by atoms with Gasteiger partial charge >= 0.3 is 206 Å². The normalized spacial score (nSPS) is 17.7. The third-order valence-corrected chi connectivity index (χ3v) is 11.9. The van der Waals surface area contributed by atoms with E-state index in [-0.39, 0.29) is 0 Å². The Morgan fingerprint density at radius 1 is 1.14 bits per heavy atom. The van der Waals surface area contributed by atoms with Gasteiger partial charge in [-0.2, -0.15) is 0 Å². The Hall–Kier alpha value is -2.47. The van der Waals surface area contributed by atoms with E-state index in [1.165, 1.54) is 5.02 Å². The standard InChI is InChI=1S/C28H29ClN2O4.Zn/c1-18(33-5)9-8-14-34-21-12-13-24-20(15-21)17-25(31(24)27(32)35-28(2,3)4)22-16-19-10-6-7-11-23(19)30-26(22)29;/h6-8,10-13,15-18H,1,9,14H2,2-5H3;/t18-;/m0./s1. The van der Waals surface area contributed by atoms with Crippen molar-refractivity contribution in [2.75, 3.05) is 13.7 Å². The van der Waals surface area contributed by atoms with Crippen LogP contribution in [-0.2, 0) is 26.6 Å². The van der Waals surface area contributed by atoms with E-state index in [9.17, 15) is 4.79 Å². The van der Waals surface area contributed by atoms with E-state index in [0.29, 0.717) is 27.0 Å². The third kappa shape index (κ3) is 5.29. The Morgan fingerprint density at radius 2 is 1.94 bits per heavy atom. The molecule has 2 aromatic heterocycles. The zero-order chi connectivity index (χ0) is 25.4. The molecular formula is C28H29ClN2O4Zn. The number of pyridine rings is 1. The van der Waals surface area contributed by atoms with Gasteiger partial charge < -0.3 is 0 Å². The number of benzene rings is 2. The predicted molar refractivity (Wildman–Crippen MR) is 139 cm³/mol. The predicted octanol–water partition coefficient (Wildman–Crippen LogP) is 7.38. The molecule has 184 valence electrons. The van der Waals surface area contributed by atoms with Crippen molar-refractivity contribution in [3.63, 3.8) is 0 Å². The van der Waals surface area contributed by atoms with E-state index in [0.717, 1.165) is 40.6 Å². The van der Waals surface area contributed by atoms with Gasteiger partial charge in [0.25, 0.3) is 0 Å². The molecule has 36 heavy (non-hydrogen) atoms. The number of ether oxygens (including phenoxy) is 3. The number of hydrogen-bond acceptors (Lipinski definition) is 5. The average Bonchev–Trinajstić information content (AvgIpc) is 3.45. The quantitative estimate of drug-likeness (QED) is 0.189. The van der Waals surface area contributed by atoms with Crippen molar-refractivity contribution in [1.29, 1.82) is 0 Å². The van der Waals surface area contributed by atoms with Gasteiger partial charge in [0.05, 0.1) is 0 Å². The maximum atomic E-state index is 13.4. The summed E-state index contributed by atoms with van der Waals surface area (Å²) in [4.78, 5) is 18.0. The van der Waals surface area contributed by atoms with Gasteiger partial charge in [-0.15, -0.1) is 0 Å². The number of carbonyl (C=O) groups excluding carboxylic acids is 1. The van der Waals surface area contributed by atoms with Crippen molar-refractivity contribution in [3.8, 4) is 17.0 Å². The van der Waals surface area contributed by atoms with Crippen molar-refractivity contribution in [3.05, 3.63) is 59.8 Å². The fourth-order valence-corrected chi connectivity index (χ4v) is 9.74. The van der Waals surface area contributed by atoms with E-state index in [1.54, 1.807) is 11.7 Å². The van der Waals surface area contributed by atoms with Crippen LogP contribution in [0.15, 0.2) is 54.6 Å². The van der Waals surface area contributed by atoms with Crippen LogP contribution in [0.25, 0.3) is 33.1 Å². The zero-order valence-electron chi connectivity index (χ0n) is 21.1. The molecule has 3 heterocycles. The number of nitrogens with zero attached hydrogens (tertiary/aromatic N) is 2. The first-order chi connectivity index (χ1) is 17.2. The summed E-state index contributed by atoms with van der Waals surface area (Å²) in [5.41, 5.74) is 2.19. The molecule has 0 spiro atoms. The summed E-state index contributed by atoms with van der Waals surface area (Å²) in [5, 5.41) is 3.41. The van der Waals surface area contributed by atoms with Crippen LogP contribution in [0.1, 0.15) is 27.2 Å². The minimum atomic E-state index is -0.647. The van der Waals surface area contributed by atoms with E-state index in [1.807, 2.05) is 75.4 Å². The molecule has 0 amide bonds. The summed E-state index contributed by atoms with van der Waals surface area (Å²) in [7, 11) is 1.80. The summed E-state index contributed by atoms with van der Waals surface area (Å²) in [6.07, 6.45) is 1.05. The maximum absolute atomic E-state index is 13.4. The molecule has 4 aromatic rings.